The Hall–Kier alpha value is -0.410. The number of furan rings is 1. The monoisotopic (exact) mass is 537 g/mol. The van der Waals surface area contributed by atoms with Crippen LogP contribution in [0.4, 0.5) is 5.69 Å². The van der Waals surface area contributed by atoms with Crippen LogP contribution in [0.5, 0.6) is 0 Å². The number of anilines is 1. The molecule has 0 radical (unpaired) electrons. The van der Waals surface area contributed by atoms with Gasteiger partial charge in [-0.1, -0.05) is 58.0 Å². The quantitative estimate of drug-likeness (QED) is 0.262. The summed E-state index contributed by atoms with van der Waals surface area (Å²) in [6.45, 7) is 0. The molecule has 0 bridgehead atoms. The van der Waals surface area contributed by atoms with E-state index < -0.39 is 15.9 Å². The lowest BCUT2D eigenvalue weighted by Crippen LogP contribution is -2.56. The highest BCUT2D eigenvalue weighted by molar-refractivity contribution is 9.10. The van der Waals surface area contributed by atoms with Gasteiger partial charge in [0.2, 0.25) is 3.79 Å². The summed E-state index contributed by atoms with van der Waals surface area (Å²) in [4.78, 5) is 12.2. The fourth-order valence-electron chi connectivity index (χ4n) is 1.71. The third-order valence-corrected chi connectivity index (χ3v) is 4.89. The zero-order valence-corrected chi connectivity index (χ0v) is 18.6. The molecule has 0 fully saturated rings. The Labute approximate surface area is 187 Å². The Kier molecular flexibility index (Phi) is 7.73. The van der Waals surface area contributed by atoms with Crippen LogP contribution in [-0.2, 0) is 0 Å². The van der Waals surface area contributed by atoms with Gasteiger partial charge in [-0.25, -0.2) is 0 Å². The van der Waals surface area contributed by atoms with Crippen LogP contribution in [0.15, 0.2) is 39.4 Å². The van der Waals surface area contributed by atoms with Gasteiger partial charge in [0.25, 0.3) is 5.91 Å². The average molecular weight is 540 g/mol. The van der Waals surface area contributed by atoms with Crippen LogP contribution in [0.25, 0.3) is 0 Å². The largest absolute Gasteiger partial charge is 0.444 e. The molecule has 0 spiro atoms. The van der Waals surface area contributed by atoms with Gasteiger partial charge < -0.3 is 20.4 Å². The molecule has 0 saturated heterocycles. The highest BCUT2D eigenvalue weighted by atomic mass is 79.9. The molecule has 2 rings (SSSR count). The maximum atomic E-state index is 12.2. The molecule has 1 atom stereocenters. The molecule has 1 aromatic carbocycles. The molecule has 0 aliphatic carbocycles. The Morgan fingerprint density at radius 2 is 1.81 bits per heavy atom. The van der Waals surface area contributed by atoms with Crippen LogP contribution in [0.2, 0.25) is 10.0 Å². The zero-order chi connectivity index (χ0) is 19.5. The minimum atomic E-state index is -1.90. The number of rotatable bonds is 4. The van der Waals surface area contributed by atoms with Crippen LogP contribution < -0.4 is 16.0 Å². The lowest BCUT2D eigenvalue weighted by molar-refractivity contribution is 0.0905. The average Bonchev–Trinajstić information content (AvgIpc) is 2.96. The summed E-state index contributed by atoms with van der Waals surface area (Å²) in [7, 11) is 0. The first kappa shape index (κ1) is 21.9. The molecular formula is C14H9BrCl5N3O2S. The van der Waals surface area contributed by atoms with Gasteiger partial charge in [-0.05, 0) is 58.5 Å². The number of hydrogen-bond donors (Lipinski definition) is 3. The summed E-state index contributed by atoms with van der Waals surface area (Å²) in [6, 6.07) is 7.84. The van der Waals surface area contributed by atoms with Gasteiger partial charge >= 0.3 is 0 Å². The van der Waals surface area contributed by atoms with Gasteiger partial charge in [-0.15, -0.1) is 0 Å². The topological polar surface area (TPSA) is 66.3 Å². The van der Waals surface area contributed by atoms with Crippen molar-refractivity contribution in [1.29, 1.82) is 0 Å². The van der Waals surface area contributed by atoms with E-state index in [1.807, 2.05) is 0 Å². The molecule has 1 amide bonds. The molecule has 1 aromatic heterocycles. The predicted octanol–water partition coefficient (Wildman–Crippen LogP) is 5.76. The molecule has 26 heavy (non-hydrogen) atoms. The lowest BCUT2D eigenvalue weighted by atomic mass is 10.3. The van der Waals surface area contributed by atoms with E-state index in [-0.39, 0.29) is 10.9 Å². The summed E-state index contributed by atoms with van der Waals surface area (Å²) in [5.74, 6) is -0.571. The standard InChI is InChI=1S/C14H9BrCl5N3O2S/c15-10-4-3-9(25-10)11(24)22-12(14(18,19)20)23-13(26)21-6-1-2-7(16)8(17)5-6/h1-5,12H,(H,22,24)(H2,21,23,26). The molecule has 3 N–H and O–H groups in total. The van der Waals surface area contributed by atoms with Gasteiger partial charge in [0.05, 0.1) is 10.0 Å². The minimum absolute atomic E-state index is 0.0290. The highest BCUT2D eigenvalue weighted by Gasteiger charge is 2.35. The Morgan fingerprint density at radius 3 is 2.35 bits per heavy atom. The normalized spacial score (nSPS) is 12.4. The zero-order valence-electron chi connectivity index (χ0n) is 12.5. The third kappa shape index (κ3) is 6.34. The molecule has 1 heterocycles. The molecule has 0 saturated carbocycles. The van der Waals surface area contributed by atoms with Crippen molar-refractivity contribution in [3.63, 3.8) is 0 Å². The van der Waals surface area contributed by atoms with E-state index in [1.165, 1.54) is 6.07 Å². The van der Waals surface area contributed by atoms with Gasteiger partial charge in [0.1, 0.15) is 6.17 Å². The maximum absolute atomic E-state index is 12.2. The summed E-state index contributed by atoms with van der Waals surface area (Å²) in [6.07, 6.45) is -1.15. The van der Waals surface area contributed by atoms with Crippen LogP contribution >= 0.6 is 86.2 Å². The first-order valence-corrected chi connectivity index (χ1v) is 9.81. The summed E-state index contributed by atoms with van der Waals surface area (Å²) in [5, 5.41) is 8.87. The van der Waals surface area contributed by atoms with Crippen molar-refractivity contribution in [1.82, 2.24) is 10.6 Å². The van der Waals surface area contributed by atoms with E-state index in [0.29, 0.717) is 20.4 Å². The predicted molar refractivity (Wildman–Crippen MR) is 114 cm³/mol. The van der Waals surface area contributed by atoms with Crippen molar-refractivity contribution < 1.29 is 9.21 Å². The number of carbonyl (C=O) groups is 1. The first-order chi connectivity index (χ1) is 12.1. The lowest BCUT2D eigenvalue weighted by Gasteiger charge is -2.27. The van der Waals surface area contributed by atoms with Crippen molar-refractivity contribution in [3.05, 3.63) is 50.8 Å². The van der Waals surface area contributed by atoms with E-state index in [2.05, 4.69) is 31.9 Å². The van der Waals surface area contributed by atoms with Crippen LogP contribution in [0.3, 0.4) is 0 Å². The van der Waals surface area contributed by atoms with Gasteiger partial charge in [0, 0.05) is 5.69 Å². The maximum Gasteiger partial charge on any atom is 0.288 e. The van der Waals surface area contributed by atoms with Crippen molar-refractivity contribution >= 4 is 103 Å². The van der Waals surface area contributed by atoms with Gasteiger partial charge in [0.15, 0.2) is 15.5 Å². The SMILES string of the molecule is O=C(NC(NC(=S)Nc1ccc(Cl)c(Cl)c1)C(Cl)(Cl)Cl)c1ccc(Br)o1. The van der Waals surface area contributed by atoms with Gasteiger partial charge in [-0.3, -0.25) is 4.79 Å². The fourth-order valence-corrected chi connectivity index (χ4v) is 2.88. The van der Waals surface area contributed by atoms with Crippen LogP contribution in [0, 0.1) is 0 Å². The van der Waals surface area contributed by atoms with Crippen molar-refractivity contribution in [2.24, 2.45) is 0 Å². The summed E-state index contributed by atoms with van der Waals surface area (Å²) >= 11 is 37.8. The summed E-state index contributed by atoms with van der Waals surface area (Å²) < 4.78 is 3.64. The molecule has 5 nitrogen and oxygen atoms in total. The van der Waals surface area contributed by atoms with Crippen LogP contribution in [-0.4, -0.2) is 21.0 Å². The second-order valence-corrected chi connectivity index (χ2v) is 9.15. The molecule has 0 aliphatic heterocycles. The number of alkyl halides is 3. The number of hydrogen-bond acceptors (Lipinski definition) is 3. The van der Waals surface area contributed by atoms with E-state index in [0.717, 1.165) is 0 Å². The van der Waals surface area contributed by atoms with E-state index >= 15 is 0 Å². The van der Waals surface area contributed by atoms with E-state index in [1.54, 1.807) is 24.3 Å². The molecule has 12 heteroatoms. The Balaban J connectivity index is 2.06. The van der Waals surface area contributed by atoms with Crippen molar-refractivity contribution in [3.8, 4) is 0 Å². The molecule has 0 aliphatic rings. The number of thiocarbonyl (C=S) groups is 1. The first-order valence-electron chi connectivity index (χ1n) is 6.72. The Bertz CT molecular complexity index is 827. The fraction of sp³-hybridized carbons (Fsp3) is 0.143. The molecule has 2 aromatic rings. The Morgan fingerprint density at radius 1 is 1.12 bits per heavy atom. The van der Waals surface area contributed by atoms with Crippen molar-refractivity contribution in [2.75, 3.05) is 5.32 Å². The number of amides is 1. The molecule has 1 unspecified atom stereocenters. The summed E-state index contributed by atoms with van der Waals surface area (Å²) in [5.41, 5.74) is 0.557. The van der Waals surface area contributed by atoms with Crippen LogP contribution in [0.1, 0.15) is 10.6 Å². The highest BCUT2D eigenvalue weighted by Crippen LogP contribution is 2.30. The number of carbonyl (C=O) groups excluding carboxylic acids is 1. The van der Waals surface area contributed by atoms with E-state index in [4.69, 9.17) is 74.6 Å². The smallest absolute Gasteiger partial charge is 0.288 e. The van der Waals surface area contributed by atoms with E-state index in [9.17, 15) is 4.79 Å². The number of benzene rings is 1. The third-order valence-electron chi connectivity index (χ3n) is 2.85. The number of nitrogens with one attached hydrogen (secondary N) is 3. The minimum Gasteiger partial charge on any atom is -0.444 e. The second-order valence-electron chi connectivity index (χ2n) is 4.78. The molecular weight excluding hydrogens is 531 g/mol. The number of halogens is 6. The van der Waals surface area contributed by atoms with Crippen molar-refractivity contribution in [2.45, 2.75) is 9.96 Å². The van der Waals surface area contributed by atoms with Gasteiger partial charge in [-0.2, -0.15) is 0 Å². The molecule has 140 valence electrons. The second kappa shape index (κ2) is 9.19.